The van der Waals surface area contributed by atoms with E-state index in [0.717, 1.165) is 6.61 Å². The fourth-order valence-corrected chi connectivity index (χ4v) is 8.65. The standard InChI is InChI=1S/C23H30OSi/c1-18(2)22-16-19(22)17-24-25(23(3,4)5,20-12-8-6-9-13-20)21-14-10-7-11-15-21/h6-15,19,22H,1,16-17H2,2-5H3/t19-,22-/m1/s1. The summed E-state index contributed by atoms with van der Waals surface area (Å²) in [5.41, 5.74) is 1.30. The summed E-state index contributed by atoms with van der Waals surface area (Å²) in [5.74, 6) is 1.29. The van der Waals surface area contributed by atoms with Gasteiger partial charge < -0.3 is 4.43 Å². The van der Waals surface area contributed by atoms with E-state index in [9.17, 15) is 0 Å². The van der Waals surface area contributed by atoms with Crippen molar-refractivity contribution in [2.75, 3.05) is 6.61 Å². The third kappa shape index (κ3) is 3.51. The summed E-state index contributed by atoms with van der Waals surface area (Å²) in [4.78, 5) is 0. The Morgan fingerprint density at radius 2 is 1.48 bits per heavy atom. The predicted octanol–water partition coefficient (Wildman–Crippen LogP) is 4.78. The molecule has 0 bridgehead atoms. The molecule has 0 amide bonds. The molecule has 0 unspecified atom stereocenters. The molecular weight excluding hydrogens is 320 g/mol. The number of hydrogen-bond donors (Lipinski definition) is 0. The van der Waals surface area contributed by atoms with Crippen LogP contribution in [0.4, 0.5) is 0 Å². The third-order valence-electron chi connectivity index (χ3n) is 5.49. The molecule has 1 nitrogen and oxygen atoms in total. The first-order valence-corrected chi connectivity index (χ1v) is 11.2. The van der Waals surface area contributed by atoms with Crippen molar-refractivity contribution in [1.82, 2.24) is 0 Å². The Kier molecular flexibility index (Phi) is 5.03. The van der Waals surface area contributed by atoms with Crippen molar-refractivity contribution in [1.29, 1.82) is 0 Å². The minimum absolute atomic E-state index is 0.0588. The molecule has 1 saturated carbocycles. The van der Waals surface area contributed by atoms with Gasteiger partial charge in [-0.15, -0.1) is 0 Å². The average Bonchev–Trinajstić information content (AvgIpc) is 3.36. The van der Waals surface area contributed by atoms with Crippen molar-refractivity contribution < 1.29 is 4.43 Å². The molecule has 0 spiro atoms. The summed E-state index contributed by atoms with van der Waals surface area (Å²) in [6, 6.07) is 21.8. The Morgan fingerprint density at radius 1 is 1.00 bits per heavy atom. The van der Waals surface area contributed by atoms with E-state index in [0.29, 0.717) is 11.8 Å². The van der Waals surface area contributed by atoms with Gasteiger partial charge in [0, 0.05) is 6.61 Å². The minimum Gasteiger partial charge on any atom is -0.407 e. The van der Waals surface area contributed by atoms with E-state index < -0.39 is 8.32 Å². The molecule has 0 N–H and O–H groups in total. The van der Waals surface area contributed by atoms with Gasteiger partial charge in [-0.1, -0.05) is 93.6 Å². The van der Waals surface area contributed by atoms with Gasteiger partial charge in [0.2, 0.25) is 0 Å². The Balaban J connectivity index is 2.02. The highest BCUT2D eigenvalue weighted by atomic mass is 28.4. The Labute approximate surface area is 153 Å². The highest BCUT2D eigenvalue weighted by Crippen LogP contribution is 2.45. The lowest BCUT2D eigenvalue weighted by Crippen LogP contribution is -2.66. The SMILES string of the molecule is C=C(C)[C@H]1C[C@@H]1CO[Si](c1ccccc1)(c1ccccc1)C(C)(C)C. The normalized spacial score (nSPS) is 20.3. The quantitative estimate of drug-likeness (QED) is 0.538. The van der Waals surface area contributed by atoms with Crippen LogP contribution in [0.3, 0.4) is 0 Å². The fourth-order valence-electron chi connectivity index (χ4n) is 4.03. The summed E-state index contributed by atoms with van der Waals surface area (Å²) >= 11 is 0. The maximum atomic E-state index is 6.97. The van der Waals surface area contributed by atoms with Crippen LogP contribution in [-0.4, -0.2) is 14.9 Å². The van der Waals surface area contributed by atoms with Gasteiger partial charge in [0.15, 0.2) is 0 Å². The van der Waals surface area contributed by atoms with Gasteiger partial charge >= 0.3 is 0 Å². The number of benzene rings is 2. The lowest BCUT2D eigenvalue weighted by Gasteiger charge is -2.43. The summed E-state index contributed by atoms with van der Waals surface area (Å²) < 4.78 is 6.97. The number of hydrogen-bond acceptors (Lipinski definition) is 1. The van der Waals surface area contributed by atoms with E-state index >= 15 is 0 Å². The van der Waals surface area contributed by atoms with Crippen molar-refractivity contribution in [2.45, 2.75) is 39.2 Å². The second-order valence-corrected chi connectivity index (χ2v) is 12.7. The van der Waals surface area contributed by atoms with Crippen molar-refractivity contribution >= 4 is 18.7 Å². The Hall–Kier alpha value is -1.64. The lowest BCUT2D eigenvalue weighted by molar-refractivity contribution is 0.276. The van der Waals surface area contributed by atoms with Gasteiger partial charge in [0.1, 0.15) is 0 Å². The van der Waals surface area contributed by atoms with Crippen LogP contribution < -0.4 is 10.4 Å². The van der Waals surface area contributed by atoms with Crippen molar-refractivity contribution in [3.05, 3.63) is 72.8 Å². The Morgan fingerprint density at radius 3 is 1.84 bits per heavy atom. The molecule has 0 saturated heterocycles. The summed E-state index contributed by atoms with van der Waals surface area (Å²) in [7, 11) is -2.37. The molecular formula is C23H30OSi. The van der Waals surface area contributed by atoms with Gasteiger partial charge in [-0.05, 0) is 40.6 Å². The van der Waals surface area contributed by atoms with Gasteiger partial charge in [-0.3, -0.25) is 0 Å². The third-order valence-corrected chi connectivity index (χ3v) is 10.5. The zero-order valence-electron chi connectivity index (χ0n) is 16.0. The molecule has 132 valence electrons. The fraction of sp³-hybridized carbons (Fsp3) is 0.391. The molecule has 0 radical (unpaired) electrons. The first-order chi connectivity index (χ1) is 11.9. The minimum atomic E-state index is -2.37. The van der Waals surface area contributed by atoms with Crippen LogP contribution >= 0.6 is 0 Å². The molecule has 1 aliphatic rings. The monoisotopic (exact) mass is 350 g/mol. The van der Waals surface area contributed by atoms with Gasteiger partial charge in [0.25, 0.3) is 8.32 Å². The van der Waals surface area contributed by atoms with Crippen LogP contribution in [0.1, 0.15) is 34.1 Å². The predicted molar refractivity (Wildman–Crippen MR) is 110 cm³/mol. The van der Waals surface area contributed by atoms with E-state index in [-0.39, 0.29) is 5.04 Å². The molecule has 2 atom stereocenters. The van der Waals surface area contributed by atoms with E-state index in [4.69, 9.17) is 4.43 Å². The van der Waals surface area contributed by atoms with Gasteiger partial charge in [-0.2, -0.15) is 0 Å². The summed E-state index contributed by atoms with van der Waals surface area (Å²) in [6.45, 7) is 14.1. The maximum absolute atomic E-state index is 6.97. The zero-order chi connectivity index (χ0) is 18.1. The Bertz CT molecular complexity index is 675. The van der Waals surface area contributed by atoms with Crippen LogP contribution in [0.25, 0.3) is 0 Å². The summed E-state index contributed by atoms with van der Waals surface area (Å²) in [5, 5.41) is 2.78. The van der Waals surface area contributed by atoms with Crippen LogP contribution in [0.5, 0.6) is 0 Å². The first-order valence-electron chi connectivity index (χ1n) is 9.26. The smallest absolute Gasteiger partial charge is 0.261 e. The molecule has 3 rings (SSSR count). The highest BCUT2D eigenvalue weighted by molar-refractivity contribution is 6.99. The van der Waals surface area contributed by atoms with E-state index in [1.807, 2.05) is 0 Å². The van der Waals surface area contributed by atoms with Crippen LogP contribution in [0.15, 0.2) is 72.8 Å². The molecule has 1 fully saturated rings. The number of allylic oxidation sites excluding steroid dienone is 1. The van der Waals surface area contributed by atoms with E-state index in [1.165, 1.54) is 22.4 Å². The number of rotatable bonds is 6. The van der Waals surface area contributed by atoms with E-state index in [1.54, 1.807) is 0 Å². The average molecular weight is 351 g/mol. The van der Waals surface area contributed by atoms with Crippen molar-refractivity contribution in [2.24, 2.45) is 11.8 Å². The maximum Gasteiger partial charge on any atom is 0.261 e. The largest absolute Gasteiger partial charge is 0.407 e. The molecule has 2 aromatic rings. The van der Waals surface area contributed by atoms with Crippen LogP contribution in [0.2, 0.25) is 5.04 Å². The van der Waals surface area contributed by atoms with Crippen LogP contribution in [0, 0.1) is 11.8 Å². The second kappa shape index (κ2) is 6.93. The molecule has 2 heteroatoms. The summed E-state index contributed by atoms with van der Waals surface area (Å²) in [6.07, 6.45) is 1.23. The molecule has 0 aromatic heterocycles. The zero-order valence-corrected chi connectivity index (χ0v) is 17.0. The lowest BCUT2D eigenvalue weighted by atomic mass is 10.2. The molecule has 2 aromatic carbocycles. The van der Waals surface area contributed by atoms with Gasteiger partial charge in [0.05, 0.1) is 0 Å². The first kappa shape index (κ1) is 18.2. The molecule has 0 heterocycles. The highest BCUT2D eigenvalue weighted by Gasteiger charge is 2.51. The molecule has 0 aliphatic heterocycles. The second-order valence-electron chi connectivity index (χ2n) is 8.42. The van der Waals surface area contributed by atoms with Crippen molar-refractivity contribution in [3.8, 4) is 0 Å². The van der Waals surface area contributed by atoms with E-state index in [2.05, 4.69) is 94.9 Å². The molecule has 1 aliphatic carbocycles. The molecule has 25 heavy (non-hydrogen) atoms. The topological polar surface area (TPSA) is 9.23 Å². The van der Waals surface area contributed by atoms with Crippen molar-refractivity contribution in [3.63, 3.8) is 0 Å². The van der Waals surface area contributed by atoms with Gasteiger partial charge in [-0.25, -0.2) is 0 Å². The van der Waals surface area contributed by atoms with Crippen LogP contribution in [-0.2, 0) is 4.43 Å².